The van der Waals surface area contributed by atoms with Crippen LogP contribution in [0.2, 0.25) is 0 Å². The van der Waals surface area contributed by atoms with Crippen LogP contribution >= 0.6 is 0 Å². The molecule has 0 aliphatic rings. The Morgan fingerprint density at radius 2 is 1.50 bits per heavy atom. The van der Waals surface area contributed by atoms with Crippen molar-refractivity contribution in [3.8, 4) is 0 Å². The van der Waals surface area contributed by atoms with Gasteiger partial charge in [0.15, 0.2) is 0 Å². The van der Waals surface area contributed by atoms with Gasteiger partial charge in [-0.15, -0.1) is 0 Å². The topological polar surface area (TPSA) is 163 Å². The molecule has 0 unspecified atom stereocenters. The second-order valence-corrected chi connectivity index (χ2v) is 1.08. The standard InChI is InChI=1S/CH7N5.CH2O3/c2-1(3)6(4)5;2-1(3)4/h4-5H2,(H3,2,3);(H2,2,3,4). The van der Waals surface area contributed by atoms with Crippen molar-refractivity contribution in [2.24, 2.45) is 17.4 Å². The molecule has 0 amide bonds. The molecule has 0 fully saturated rings. The van der Waals surface area contributed by atoms with Gasteiger partial charge in [0.1, 0.15) is 0 Å². The minimum absolute atomic E-state index is 0.352. The first-order chi connectivity index (χ1) is 4.37. The number of carbonyl (C=O) groups is 1. The largest absolute Gasteiger partial charge is 0.503 e. The third-order valence-corrected chi connectivity index (χ3v) is 0.278. The number of hydrazine groups is 2. The predicted molar refractivity (Wildman–Crippen MR) is 32.8 cm³/mol. The zero-order valence-corrected chi connectivity index (χ0v) is 4.98. The van der Waals surface area contributed by atoms with Crippen molar-refractivity contribution in [3.05, 3.63) is 0 Å². The van der Waals surface area contributed by atoms with E-state index in [4.69, 9.17) is 37.8 Å². The van der Waals surface area contributed by atoms with E-state index in [0.717, 1.165) is 0 Å². The molecule has 10 heavy (non-hydrogen) atoms. The van der Waals surface area contributed by atoms with Gasteiger partial charge in [0, 0.05) is 0 Å². The summed E-state index contributed by atoms with van der Waals surface area (Å²) < 4.78 is 0. The van der Waals surface area contributed by atoms with E-state index in [9.17, 15) is 0 Å². The molecule has 0 aliphatic heterocycles. The maximum absolute atomic E-state index is 8.56. The number of nitrogens with zero attached hydrogens (tertiary/aromatic N) is 1. The van der Waals surface area contributed by atoms with Gasteiger partial charge in [0.05, 0.1) is 0 Å². The fourth-order valence-electron chi connectivity index (χ4n) is 0. The van der Waals surface area contributed by atoms with E-state index >= 15 is 0 Å². The van der Waals surface area contributed by atoms with Crippen molar-refractivity contribution < 1.29 is 15.0 Å². The second-order valence-electron chi connectivity index (χ2n) is 1.08. The third kappa shape index (κ3) is 31.8. The normalized spacial score (nSPS) is 7.00. The third-order valence-electron chi connectivity index (χ3n) is 0.278. The van der Waals surface area contributed by atoms with Crippen LogP contribution in [0, 0.1) is 5.41 Å². The molecule has 0 saturated carbocycles. The van der Waals surface area contributed by atoms with Gasteiger partial charge in [-0.3, -0.25) is 5.41 Å². The van der Waals surface area contributed by atoms with Crippen molar-refractivity contribution in [2.45, 2.75) is 0 Å². The Labute approximate surface area is 56.3 Å². The number of hydrogen-bond donors (Lipinski definition) is 6. The molecule has 0 aliphatic carbocycles. The summed E-state index contributed by atoms with van der Waals surface area (Å²) in [5.74, 6) is 9.04. The smallest absolute Gasteiger partial charge is 0.450 e. The minimum Gasteiger partial charge on any atom is -0.450 e. The van der Waals surface area contributed by atoms with E-state index in [-0.39, 0.29) is 5.96 Å². The molecule has 0 saturated heterocycles. The first-order valence-corrected chi connectivity index (χ1v) is 1.93. The highest BCUT2D eigenvalue weighted by atomic mass is 16.6. The van der Waals surface area contributed by atoms with Gasteiger partial charge in [-0.1, -0.05) is 0 Å². The van der Waals surface area contributed by atoms with Crippen LogP contribution in [0.25, 0.3) is 0 Å². The Morgan fingerprint density at radius 1 is 1.40 bits per heavy atom. The van der Waals surface area contributed by atoms with Gasteiger partial charge in [-0.05, 0) is 0 Å². The maximum atomic E-state index is 8.56. The summed E-state index contributed by atoms with van der Waals surface area (Å²) in [6.07, 6.45) is -1.83. The summed E-state index contributed by atoms with van der Waals surface area (Å²) in [7, 11) is 0. The molecule has 0 aromatic carbocycles. The summed E-state index contributed by atoms with van der Waals surface area (Å²) in [6.45, 7) is 0. The van der Waals surface area contributed by atoms with E-state index in [0.29, 0.717) is 5.12 Å². The molecular formula is C2H9N5O3. The van der Waals surface area contributed by atoms with Crippen LogP contribution in [-0.4, -0.2) is 27.4 Å². The molecule has 60 valence electrons. The van der Waals surface area contributed by atoms with Gasteiger partial charge < -0.3 is 15.9 Å². The lowest BCUT2D eigenvalue weighted by Crippen LogP contribution is -2.47. The van der Waals surface area contributed by atoms with Crippen LogP contribution < -0.4 is 17.4 Å². The number of carboxylic acid groups (broad SMARTS) is 2. The van der Waals surface area contributed by atoms with Crippen molar-refractivity contribution in [2.75, 3.05) is 0 Å². The van der Waals surface area contributed by atoms with E-state index in [1.54, 1.807) is 0 Å². The maximum Gasteiger partial charge on any atom is 0.503 e. The molecule has 9 N–H and O–H groups in total. The number of nitrogens with one attached hydrogen (secondary N) is 1. The summed E-state index contributed by atoms with van der Waals surface area (Å²) in [5, 5.41) is 20.9. The summed E-state index contributed by atoms with van der Waals surface area (Å²) >= 11 is 0. The van der Waals surface area contributed by atoms with Crippen molar-refractivity contribution in [1.29, 1.82) is 5.41 Å². The Hall–Kier alpha value is -1.54. The average molecular weight is 151 g/mol. The van der Waals surface area contributed by atoms with Crippen molar-refractivity contribution in [3.63, 3.8) is 0 Å². The van der Waals surface area contributed by atoms with Crippen molar-refractivity contribution in [1.82, 2.24) is 5.12 Å². The molecular weight excluding hydrogens is 142 g/mol. The Kier molecular flexibility index (Phi) is 6.31. The molecule has 8 nitrogen and oxygen atoms in total. The number of guanidine groups is 1. The Bertz CT molecular complexity index is 118. The summed E-state index contributed by atoms with van der Waals surface area (Å²) in [6, 6.07) is 0. The van der Waals surface area contributed by atoms with Crippen LogP contribution in [-0.2, 0) is 0 Å². The lowest BCUT2D eigenvalue weighted by atomic mass is 11.1. The monoisotopic (exact) mass is 151 g/mol. The lowest BCUT2D eigenvalue weighted by Gasteiger charge is -2.04. The van der Waals surface area contributed by atoms with E-state index < -0.39 is 6.16 Å². The van der Waals surface area contributed by atoms with Gasteiger partial charge in [-0.25, -0.2) is 21.6 Å². The van der Waals surface area contributed by atoms with Crippen molar-refractivity contribution >= 4 is 12.1 Å². The van der Waals surface area contributed by atoms with Crippen LogP contribution in [0.3, 0.4) is 0 Å². The Morgan fingerprint density at radius 3 is 1.50 bits per heavy atom. The highest BCUT2D eigenvalue weighted by Crippen LogP contribution is 1.48. The van der Waals surface area contributed by atoms with Gasteiger partial charge in [0.25, 0.3) is 0 Å². The number of nitrogens with two attached hydrogens (primary N) is 3. The van der Waals surface area contributed by atoms with Crippen LogP contribution in [0.15, 0.2) is 0 Å². The lowest BCUT2D eigenvalue weighted by molar-refractivity contribution is 0.137. The molecule has 0 heterocycles. The number of rotatable bonds is 0. The second kappa shape index (κ2) is 5.59. The minimum atomic E-state index is -1.83. The first-order valence-electron chi connectivity index (χ1n) is 1.93. The van der Waals surface area contributed by atoms with Gasteiger partial charge >= 0.3 is 6.16 Å². The molecule has 0 bridgehead atoms. The predicted octanol–water partition coefficient (Wildman–Crippen LogP) is -1.85. The highest BCUT2D eigenvalue weighted by Gasteiger charge is 1.84. The average Bonchev–Trinajstić information content (AvgIpc) is 1.63. The molecule has 8 heteroatoms. The quantitative estimate of drug-likeness (QED) is 0.102. The van der Waals surface area contributed by atoms with E-state index in [2.05, 4.69) is 0 Å². The molecule has 0 aromatic heterocycles. The highest BCUT2D eigenvalue weighted by molar-refractivity contribution is 5.72. The zero-order chi connectivity index (χ0) is 8.73. The van der Waals surface area contributed by atoms with Crippen LogP contribution in [0.5, 0.6) is 0 Å². The first kappa shape index (κ1) is 11.3. The van der Waals surface area contributed by atoms with E-state index in [1.807, 2.05) is 0 Å². The van der Waals surface area contributed by atoms with Gasteiger partial charge in [-0.2, -0.15) is 0 Å². The van der Waals surface area contributed by atoms with Gasteiger partial charge in [0.2, 0.25) is 5.96 Å². The Balaban J connectivity index is 0. The molecule has 0 rings (SSSR count). The molecule has 0 atom stereocenters. The fraction of sp³-hybridized carbons (Fsp3) is 0. The summed E-state index contributed by atoms with van der Waals surface area (Å²) in [4.78, 5) is 8.56. The summed E-state index contributed by atoms with van der Waals surface area (Å²) in [5.41, 5.74) is 4.69. The van der Waals surface area contributed by atoms with Crippen LogP contribution in [0.4, 0.5) is 4.79 Å². The van der Waals surface area contributed by atoms with Crippen LogP contribution in [0.1, 0.15) is 0 Å². The zero-order valence-electron chi connectivity index (χ0n) is 4.98. The number of hydrogen-bond acceptors (Lipinski definition) is 4. The molecule has 0 spiro atoms. The molecule has 0 radical (unpaired) electrons. The SMILES string of the molecule is N=C(N)N(N)N.O=C(O)O. The fourth-order valence-corrected chi connectivity index (χ4v) is 0. The van der Waals surface area contributed by atoms with E-state index in [1.165, 1.54) is 0 Å². The molecule has 0 aromatic rings.